The van der Waals surface area contributed by atoms with Gasteiger partial charge in [-0.15, -0.1) is 0 Å². The van der Waals surface area contributed by atoms with Crippen LogP contribution in [0.1, 0.15) is 28.3 Å². The maximum atomic E-state index is 13.3. The Morgan fingerprint density at radius 1 is 1.19 bits per heavy atom. The van der Waals surface area contributed by atoms with Gasteiger partial charge in [-0.3, -0.25) is 4.79 Å². The lowest BCUT2D eigenvalue weighted by Gasteiger charge is -2.26. The van der Waals surface area contributed by atoms with Crippen LogP contribution in [-0.4, -0.2) is 54.8 Å². The maximum absolute atomic E-state index is 13.3. The second kappa shape index (κ2) is 6.92. The van der Waals surface area contributed by atoms with Crippen molar-refractivity contribution in [3.05, 3.63) is 59.5 Å². The Morgan fingerprint density at radius 3 is 2.63 bits per heavy atom. The van der Waals surface area contributed by atoms with Gasteiger partial charge in [0.05, 0.1) is 17.1 Å². The van der Waals surface area contributed by atoms with Crippen LogP contribution in [-0.2, 0) is 9.84 Å². The summed E-state index contributed by atoms with van der Waals surface area (Å²) in [6, 6.07) is 10.3. The van der Waals surface area contributed by atoms with Crippen molar-refractivity contribution >= 4 is 21.6 Å². The first kappa shape index (κ1) is 17.9. The number of nitrogens with zero attached hydrogens (tertiary/aromatic N) is 2. The number of rotatable bonds is 4. The molecular formula is C19H20FN3O3S. The van der Waals surface area contributed by atoms with Crippen LogP contribution in [0.3, 0.4) is 0 Å². The van der Waals surface area contributed by atoms with Crippen LogP contribution in [0.5, 0.6) is 0 Å². The molecule has 2 aliphatic rings. The lowest BCUT2D eigenvalue weighted by molar-refractivity contribution is 0.0770. The molecule has 8 heteroatoms. The molecule has 2 atom stereocenters. The molecule has 142 valence electrons. The number of carbonyl (C=O) groups is 1. The maximum Gasteiger partial charge on any atom is 0.255 e. The molecule has 1 saturated carbocycles. The molecule has 1 aromatic heterocycles. The zero-order valence-electron chi connectivity index (χ0n) is 14.6. The Balaban J connectivity index is 1.35. The van der Waals surface area contributed by atoms with Crippen molar-refractivity contribution in [1.82, 2.24) is 9.88 Å². The molecule has 0 spiro atoms. The molecule has 4 rings (SSSR count). The van der Waals surface area contributed by atoms with E-state index in [2.05, 4.69) is 10.3 Å². The van der Waals surface area contributed by atoms with Crippen LogP contribution in [0.15, 0.2) is 42.6 Å². The van der Waals surface area contributed by atoms with Gasteiger partial charge in [0.1, 0.15) is 11.6 Å². The molecule has 6 nitrogen and oxygen atoms in total. The molecule has 1 saturated heterocycles. The van der Waals surface area contributed by atoms with Gasteiger partial charge in [-0.05, 0) is 36.2 Å². The van der Waals surface area contributed by atoms with Crippen molar-refractivity contribution in [2.24, 2.45) is 0 Å². The van der Waals surface area contributed by atoms with Crippen molar-refractivity contribution in [2.45, 2.75) is 18.4 Å². The highest BCUT2D eigenvalue weighted by Gasteiger charge is 2.38. The first-order chi connectivity index (χ1) is 12.9. The third-order valence-corrected chi connectivity index (χ3v) is 6.65. The number of hydrogen-bond donors (Lipinski definition) is 1. The molecule has 0 radical (unpaired) electrons. The van der Waals surface area contributed by atoms with Crippen LogP contribution in [0, 0.1) is 5.82 Å². The predicted octanol–water partition coefficient (Wildman–Crippen LogP) is 2.06. The van der Waals surface area contributed by atoms with E-state index in [1.165, 1.54) is 12.3 Å². The summed E-state index contributed by atoms with van der Waals surface area (Å²) in [5, 5.41) is 3.30. The second-order valence-electron chi connectivity index (χ2n) is 7.02. The van der Waals surface area contributed by atoms with Gasteiger partial charge in [0.25, 0.3) is 5.91 Å². The molecule has 2 aromatic rings. The number of anilines is 1. The van der Waals surface area contributed by atoms with E-state index in [1.807, 2.05) is 6.07 Å². The molecule has 1 N–H and O–H groups in total. The molecule has 1 aliphatic heterocycles. The van der Waals surface area contributed by atoms with Gasteiger partial charge >= 0.3 is 0 Å². The fourth-order valence-corrected chi connectivity index (χ4v) is 4.56. The molecule has 27 heavy (non-hydrogen) atoms. The van der Waals surface area contributed by atoms with Crippen molar-refractivity contribution in [1.29, 1.82) is 0 Å². The van der Waals surface area contributed by atoms with Gasteiger partial charge in [0.2, 0.25) is 0 Å². The topological polar surface area (TPSA) is 79.4 Å². The van der Waals surface area contributed by atoms with Crippen LogP contribution in [0.25, 0.3) is 0 Å². The zero-order valence-corrected chi connectivity index (χ0v) is 15.5. The van der Waals surface area contributed by atoms with Crippen molar-refractivity contribution in [3.63, 3.8) is 0 Å². The predicted molar refractivity (Wildman–Crippen MR) is 100.0 cm³/mol. The first-order valence-electron chi connectivity index (χ1n) is 8.89. The minimum atomic E-state index is -3.02. The summed E-state index contributed by atoms with van der Waals surface area (Å²) in [7, 11) is -3.02. The van der Waals surface area contributed by atoms with Crippen LogP contribution in [0.2, 0.25) is 0 Å². The summed E-state index contributed by atoms with van der Waals surface area (Å²) in [5.74, 6) is 0.512. The summed E-state index contributed by atoms with van der Waals surface area (Å²) in [6.45, 7) is 0.442. The summed E-state index contributed by atoms with van der Waals surface area (Å²) in [5.41, 5.74) is 1.41. The second-order valence-corrected chi connectivity index (χ2v) is 9.33. The molecule has 2 heterocycles. The Morgan fingerprint density at radius 2 is 1.96 bits per heavy atom. The first-order valence-corrected chi connectivity index (χ1v) is 10.7. The normalized spacial score (nSPS) is 23.7. The molecule has 1 aromatic carbocycles. The van der Waals surface area contributed by atoms with Crippen LogP contribution in [0.4, 0.5) is 10.2 Å². The highest BCUT2D eigenvalue weighted by atomic mass is 32.2. The molecule has 1 amide bonds. The quantitative estimate of drug-likeness (QED) is 0.866. The highest BCUT2D eigenvalue weighted by molar-refractivity contribution is 7.91. The number of aromatic nitrogens is 1. The number of nitrogens with one attached hydrogen (secondary N) is 1. The summed E-state index contributed by atoms with van der Waals surface area (Å²) >= 11 is 0. The van der Waals surface area contributed by atoms with Gasteiger partial charge in [-0.2, -0.15) is 0 Å². The Hall–Kier alpha value is -2.48. The van der Waals surface area contributed by atoms with E-state index < -0.39 is 9.84 Å². The van der Waals surface area contributed by atoms with E-state index in [4.69, 9.17) is 0 Å². The smallest absolute Gasteiger partial charge is 0.255 e. The third kappa shape index (κ3) is 4.10. The fraction of sp³-hybridized carbons (Fsp3) is 0.368. The van der Waals surface area contributed by atoms with E-state index in [0.717, 1.165) is 12.0 Å². The van der Waals surface area contributed by atoms with E-state index in [0.29, 0.717) is 11.4 Å². The molecule has 2 fully saturated rings. The number of hydrogen-bond acceptors (Lipinski definition) is 5. The SMILES string of the molecule is O=C(c1ccc(N[C@@H]2C[C@H]2c2cccc(F)c2)nc1)N1CCS(=O)(=O)CC1. The number of carbonyl (C=O) groups excluding carboxylic acids is 1. The fourth-order valence-electron chi connectivity index (χ4n) is 3.35. The lowest BCUT2D eigenvalue weighted by Crippen LogP contribution is -2.43. The molecule has 0 unspecified atom stereocenters. The largest absolute Gasteiger partial charge is 0.367 e. The Labute approximate surface area is 157 Å². The summed E-state index contributed by atoms with van der Waals surface area (Å²) in [6.07, 6.45) is 2.42. The van der Waals surface area contributed by atoms with Gasteiger partial charge in [-0.25, -0.2) is 17.8 Å². The standard InChI is InChI=1S/C19H20FN3O3S/c20-15-3-1-2-13(10-15)16-11-17(16)22-18-5-4-14(12-21-18)19(24)23-6-8-27(25,26)9-7-23/h1-5,10,12,16-17H,6-9,11H2,(H,21,22)/t16-,17+/m0/s1. The number of halogens is 1. The average molecular weight is 389 g/mol. The summed E-state index contributed by atoms with van der Waals surface area (Å²) < 4.78 is 36.3. The third-order valence-electron chi connectivity index (χ3n) is 5.04. The number of pyridine rings is 1. The van der Waals surface area contributed by atoms with E-state index >= 15 is 0 Å². The number of amides is 1. The number of sulfone groups is 1. The minimum absolute atomic E-state index is 0.00889. The molecule has 0 bridgehead atoms. The van der Waals surface area contributed by atoms with Crippen LogP contribution < -0.4 is 5.32 Å². The van der Waals surface area contributed by atoms with Crippen LogP contribution >= 0.6 is 0 Å². The number of benzene rings is 1. The monoisotopic (exact) mass is 389 g/mol. The van der Waals surface area contributed by atoms with Gasteiger partial charge in [-0.1, -0.05) is 12.1 Å². The molecule has 1 aliphatic carbocycles. The lowest BCUT2D eigenvalue weighted by atomic mass is 10.1. The minimum Gasteiger partial charge on any atom is -0.367 e. The van der Waals surface area contributed by atoms with E-state index in [9.17, 15) is 17.6 Å². The van der Waals surface area contributed by atoms with Gasteiger partial charge in [0.15, 0.2) is 9.84 Å². The van der Waals surface area contributed by atoms with E-state index in [1.54, 1.807) is 29.2 Å². The Bertz CT molecular complexity index is 948. The molecular weight excluding hydrogens is 369 g/mol. The van der Waals surface area contributed by atoms with Crippen molar-refractivity contribution < 1.29 is 17.6 Å². The summed E-state index contributed by atoms with van der Waals surface area (Å²) in [4.78, 5) is 18.3. The zero-order chi connectivity index (χ0) is 19.0. The Kier molecular flexibility index (Phi) is 4.59. The van der Waals surface area contributed by atoms with Crippen molar-refractivity contribution in [2.75, 3.05) is 29.9 Å². The van der Waals surface area contributed by atoms with Crippen molar-refractivity contribution in [3.8, 4) is 0 Å². The van der Waals surface area contributed by atoms with E-state index in [-0.39, 0.29) is 48.3 Å². The highest BCUT2D eigenvalue weighted by Crippen LogP contribution is 2.42. The average Bonchev–Trinajstić information content (AvgIpc) is 3.41. The van der Waals surface area contributed by atoms with Gasteiger partial charge < -0.3 is 10.2 Å². The van der Waals surface area contributed by atoms with Gasteiger partial charge in [0, 0.05) is 31.2 Å².